The Morgan fingerprint density at radius 2 is 1.80 bits per heavy atom. The second-order valence-electron chi connectivity index (χ2n) is 5.87. The maximum atomic E-state index is 13.5. The Bertz CT molecular complexity index is 778. The minimum atomic E-state index is -0.282. The van der Waals surface area contributed by atoms with E-state index in [0.717, 1.165) is 12.8 Å². The van der Waals surface area contributed by atoms with Crippen molar-refractivity contribution in [1.29, 1.82) is 0 Å². The standard InChI is InChI=1S/C19H19FN2O2S/c20-15-6-2-4-8-17(15)25-12-11-18(23)22-16-7-3-1-5-14(16)19(24)21-13-9-10-13/h1-8,13H,9-12H2,(H,21,24)(H,22,23). The first-order chi connectivity index (χ1) is 12.1. The molecule has 25 heavy (non-hydrogen) atoms. The van der Waals surface area contributed by atoms with Gasteiger partial charge in [-0.05, 0) is 37.1 Å². The monoisotopic (exact) mass is 358 g/mol. The zero-order chi connectivity index (χ0) is 17.6. The quantitative estimate of drug-likeness (QED) is 0.740. The summed E-state index contributed by atoms with van der Waals surface area (Å²) in [5.41, 5.74) is 0.964. The van der Waals surface area contributed by atoms with Crippen LogP contribution in [0.3, 0.4) is 0 Å². The van der Waals surface area contributed by atoms with Gasteiger partial charge in [-0.25, -0.2) is 4.39 Å². The maximum Gasteiger partial charge on any atom is 0.253 e. The SMILES string of the molecule is O=C(CCSc1ccccc1F)Nc1ccccc1C(=O)NC1CC1. The molecular weight excluding hydrogens is 339 g/mol. The van der Waals surface area contributed by atoms with Crippen LogP contribution in [0.5, 0.6) is 0 Å². The molecule has 0 atom stereocenters. The van der Waals surface area contributed by atoms with Gasteiger partial charge in [-0.2, -0.15) is 0 Å². The lowest BCUT2D eigenvalue weighted by Crippen LogP contribution is -2.27. The summed E-state index contributed by atoms with van der Waals surface area (Å²) in [5.74, 6) is -0.187. The average molecular weight is 358 g/mol. The third-order valence-corrected chi connectivity index (χ3v) is 4.83. The molecule has 0 radical (unpaired) electrons. The summed E-state index contributed by atoms with van der Waals surface area (Å²) in [6, 6.07) is 13.7. The van der Waals surface area contributed by atoms with Crippen LogP contribution in [0.15, 0.2) is 53.4 Å². The van der Waals surface area contributed by atoms with Gasteiger partial charge in [-0.1, -0.05) is 24.3 Å². The summed E-state index contributed by atoms with van der Waals surface area (Å²) in [6.07, 6.45) is 2.25. The van der Waals surface area contributed by atoms with E-state index >= 15 is 0 Å². The Morgan fingerprint density at radius 1 is 1.08 bits per heavy atom. The van der Waals surface area contributed by atoms with E-state index in [-0.39, 0.29) is 30.1 Å². The summed E-state index contributed by atoms with van der Waals surface area (Å²) in [7, 11) is 0. The first kappa shape index (κ1) is 17.5. The number of benzene rings is 2. The Kier molecular flexibility index (Phi) is 5.71. The van der Waals surface area contributed by atoms with Crippen LogP contribution in [-0.4, -0.2) is 23.6 Å². The molecule has 0 spiro atoms. The van der Waals surface area contributed by atoms with Gasteiger partial charge < -0.3 is 10.6 Å². The molecule has 2 aromatic rings. The second kappa shape index (κ2) is 8.16. The average Bonchev–Trinajstić information content (AvgIpc) is 3.41. The lowest BCUT2D eigenvalue weighted by molar-refractivity contribution is -0.115. The van der Waals surface area contributed by atoms with Gasteiger partial charge in [0.25, 0.3) is 5.91 Å². The van der Waals surface area contributed by atoms with Crippen LogP contribution in [0, 0.1) is 5.82 Å². The lowest BCUT2D eigenvalue weighted by Gasteiger charge is -2.11. The Labute approximate surface area is 150 Å². The molecule has 0 unspecified atom stereocenters. The van der Waals surface area contributed by atoms with Crippen LogP contribution in [0.4, 0.5) is 10.1 Å². The van der Waals surface area contributed by atoms with Crippen LogP contribution >= 0.6 is 11.8 Å². The first-order valence-corrected chi connectivity index (χ1v) is 9.19. The van der Waals surface area contributed by atoms with Gasteiger partial charge in [0.05, 0.1) is 11.3 Å². The normalized spacial score (nSPS) is 13.3. The van der Waals surface area contributed by atoms with E-state index in [1.165, 1.54) is 17.8 Å². The van der Waals surface area contributed by atoms with Crippen molar-refractivity contribution in [1.82, 2.24) is 5.32 Å². The third-order valence-electron chi connectivity index (χ3n) is 3.78. The van der Waals surface area contributed by atoms with Gasteiger partial charge in [0.2, 0.25) is 5.91 Å². The number of para-hydroxylation sites is 1. The number of rotatable bonds is 7. The summed E-state index contributed by atoms with van der Waals surface area (Å²) < 4.78 is 13.5. The van der Waals surface area contributed by atoms with E-state index in [4.69, 9.17) is 0 Å². The minimum Gasteiger partial charge on any atom is -0.349 e. The van der Waals surface area contributed by atoms with Crippen molar-refractivity contribution in [2.45, 2.75) is 30.2 Å². The van der Waals surface area contributed by atoms with E-state index < -0.39 is 0 Å². The summed E-state index contributed by atoms with van der Waals surface area (Å²) in [4.78, 5) is 24.9. The third kappa shape index (κ3) is 5.06. The number of hydrogen-bond acceptors (Lipinski definition) is 3. The molecule has 0 aliphatic heterocycles. The molecule has 3 rings (SSSR count). The number of thioether (sulfide) groups is 1. The Balaban J connectivity index is 1.54. The smallest absolute Gasteiger partial charge is 0.253 e. The molecule has 1 fully saturated rings. The van der Waals surface area contributed by atoms with Gasteiger partial charge in [0.15, 0.2) is 0 Å². The fraction of sp³-hybridized carbons (Fsp3) is 0.263. The molecule has 0 bridgehead atoms. The number of carbonyl (C=O) groups excluding carboxylic acids is 2. The summed E-state index contributed by atoms with van der Waals surface area (Å²) in [6.45, 7) is 0. The first-order valence-electron chi connectivity index (χ1n) is 8.20. The van der Waals surface area contributed by atoms with E-state index in [1.54, 1.807) is 42.5 Å². The van der Waals surface area contributed by atoms with Gasteiger partial charge in [0.1, 0.15) is 5.82 Å². The highest BCUT2D eigenvalue weighted by Gasteiger charge is 2.24. The number of carbonyl (C=O) groups is 2. The van der Waals surface area contributed by atoms with Crippen molar-refractivity contribution in [3.05, 3.63) is 59.9 Å². The summed E-state index contributed by atoms with van der Waals surface area (Å²) >= 11 is 1.30. The molecule has 6 heteroatoms. The molecule has 2 N–H and O–H groups in total. The molecule has 0 heterocycles. The van der Waals surface area contributed by atoms with Crippen molar-refractivity contribution < 1.29 is 14.0 Å². The molecule has 1 aliphatic rings. The van der Waals surface area contributed by atoms with Crippen molar-refractivity contribution in [2.75, 3.05) is 11.1 Å². The number of amides is 2. The van der Waals surface area contributed by atoms with Gasteiger partial charge in [0, 0.05) is 23.1 Å². The highest BCUT2D eigenvalue weighted by atomic mass is 32.2. The van der Waals surface area contributed by atoms with Crippen LogP contribution < -0.4 is 10.6 Å². The molecule has 1 aliphatic carbocycles. The minimum absolute atomic E-state index is 0.167. The molecule has 4 nitrogen and oxygen atoms in total. The number of hydrogen-bond donors (Lipinski definition) is 2. The van der Waals surface area contributed by atoms with Crippen molar-refractivity contribution in [3.8, 4) is 0 Å². The second-order valence-corrected chi connectivity index (χ2v) is 7.01. The van der Waals surface area contributed by atoms with Crippen LogP contribution in [-0.2, 0) is 4.79 Å². The number of nitrogens with one attached hydrogen (secondary N) is 2. The van der Waals surface area contributed by atoms with Crippen LogP contribution in [0.2, 0.25) is 0 Å². The highest BCUT2D eigenvalue weighted by Crippen LogP contribution is 2.23. The zero-order valence-corrected chi connectivity index (χ0v) is 14.4. The predicted molar refractivity (Wildman–Crippen MR) is 97.3 cm³/mol. The number of halogens is 1. The fourth-order valence-electron chi connectivity index (χ4n) is 2.31. The number of anilines is 1. The molecule has 1 saturated carbocycles. The van der Waals surface area contributed by atoms with Gasteiger partial charge >= 0.3 is 0 Å². The molecule has 0 aromatic heterocycles. The maximum absolute atomic E-state index is 13.5. The molecule has 2 amide bonds. The van der Waals surface area contributed by atoms with Crippen molar-refractivity contribution in [3.63, 3.8) is 0 Å². The highest BCUT2D eigenvalue weighted by molar-refractivity contribution is 7.99. The van der Waals surface area contributed by atoms with E-state index in [9.17, 15) is 14.0 Å². The Hall–Kier alpha value is -2.34. The van der Waals surface area contributed by atoms with E-state index in [1.807, 2.05) is 0 Å². The van der Waals surface area contributed by atoms with E-state index in [2.05, 4.69) is 10.6 Å². The van der Waals surface area contributed by atoms with Crippen molar-refractivity contribution >= 4 is 29.3 Å². The summed E-state index contributed by atoms with van der Waals surface area (Å²) in [5, 5.41) is 5.70. The predicted octanol–water partition coefficient (Wildman–Crippen LogP) is 3.84. The van der Waals surface area contributed by atoms with Crippen LogP contribution in [0.1, 0.15) is 29.6 Å². The van der Waals surface area contributed by atoms with Gasteiger partial charge in [-0.15, -0.1) is 11.8 Å². The zero-order valence-electron chi connectivity index (χ0n) is 13.6. The fourth-order valence-corrected chi connectivity index (χ4v) is 3.20. The largest absolute Gasteiger partial charge is 0.349 e. The van der Waals surface area contributed by atoms with Gasteiger partial charge in [-0.3, -0.25) is 9.59 Å². The van der Waals surface area contributed by atoms with Crippen LogP contribution in [0.25, 0.3) is 0 Å². The van der Waals surface area contributed by atoms with Crippen molar-refractivity contribution in [2.24, 2.45) is 0 Å². The Morgan fingerprint density at radius 3 is 2.56 bits per heavy atom. The molecular formula is C19H19FN2O2S. The molecule has 2 aromatic carbocycles. The molecule has 0 saturated heterocycles. The molecule has 130 valence electrons. The lowest BCUT2D eigenvalue weighted by atomic mass is 10.1. The van der Waals surface area contributed by atoms with E-state index in [0.29, 0.717) is 21.9 Å². The topological polar surface area (TPSA) is 58.2 Å².